The van der Waals surface area contributed by atoms with E-state index in [2.05, 4.69) is 14.6 Å². The van der Waals surface area contributed by atoms with Gasteiger partial charge in [-0.15, -0.1) is 4.40 Å². The van der Waals surface area contributed by atoms with E-state index in [-0.39, 0.29) is 16.8 Å². The van der Waals surface area contributed by atoms with Crippen LogP contribution in [0.2, 0.25) is 0 Å². The first-order chi connectivity index (χ1) is 15.5. The molecule has 1 aromatic heterocycles. The summed E-state index contributed by atoms with van der Waals surface area (Å²) in [6, 6.07) is 10.2. The minimum absolute atomic E-state index is 0.00553. The lowest BCUT2D eigenvalue weighted by Gasteiger charge is -2.34. The van der Waals surface area contributed by atoms with Crippen LogP contribution < -0.4 is 5.32 Å². The van der Waals surface area contributed by atoms with Gasteiger partial charge < -0.3 is 14.6 Å². The summed E-state index contributed by atoms with van der Waals surface area (Å²) >= 11 is 0. The quantitative estimate of drug-likeness (QED) is 0.743. The normalized spacial score (nSPS) is 23.6. The van der Waals surface area contributed by atoms with E-state index in [9.17, 15) is 13.2 Å². The zero-order valence-electron chi connectivity index (χ0n) is 17.9. The summed E-state index contributed by atoms with van der Waals surface area (Å²) in [5, 5.41) is 3.12. The number of nitrogens with one attached hydrogen (secondary N) is 1. The second kappa shape index (κ2) is 8.71. The van der Waals surface area contributed by atoms with Crippen LogP contribution in [-0.2, 0) is 14.8 Å². The van der Waals surface area contributed by atoms with Crippen molar-refractivity contribution in [3.63, 3.8) is 0 Å². The Morgan fingerprint density at radius 2 is 1.91 bits per heavy atom. The van der Waals surface area contributed by atoms with Crippen LogP contribution in [0.1, 0.15) is 49.5 Å². The lowest BCUT2D eigenvalue weighted by molar-refractivity contribution is -0.124. The number of benzene rings is 1. The highest BCUT2D eigenvalue weighted by Gasteiger charge is 2.39. The number of sulfonamides is 1. The van der Waals surface area contributed by atoms with Gasteiger partial charge in [0.15, 0.2) is 5.84 Å². The molecule has 0 spiro atoms. The van der Waals surface area contributed by atoms with E-state index in [1.807, 2.05) is 17.0 Å². The van der Waals surface area contributed by atoms with E-state index in [0.29, 0.717) is 30.9 Å². The van der Waals surface area contributed by atoms with Gasteiger partial charge >= 0.3 is 0 Å². The van der Waals surface area contributed by atoms with Gasteiger partial charge in [0.2, 0.25) is 5.91 Å². The Morgan fingerprint density at radius 1 is 1.09 bits per heavy atom. The highest BCUT2D eigenvalue weighted by molar-refractivity contribution is 7.90. The molecule has 2 aromatic rings. The molecule has 9 heteroatoms. The lowest BCUT2D eigenvalue weighted by Crippen LogP contribution is -2.48. The van der Waals surface area contributed by atoms with E-state index >= 15 is 0 Å². The Hall–Kier alpha value is -2.65. The summed E-state index contributed by atoms with van der Waals surface area (Å²) in [5.41, 5.74) is 0.578. The van der Waals surface area contributed by atoms with Gasteiger partial charge in [0, 0.05) is 18.7 Å². The number of likely N-dealkylation sites (tertiary alicyclic amines) is 2. The molecule has 2 saturated heterocycles. The Morgan fingerprint density at radius 3 is 2.69 bits per heavy atom. The van der Waals surface area contributed by atoms with Crippen molar-refractivity contribution in [1.82, 2.24) is 15.1 Å². The number of carbonyl (C=O) groups excluding carboxylic acids is 1. The number of fused-ring (bicyclic) bond motifs is 1. The number of piperidine rings is 1. The number of nitrogens with zero attached hydrogens (tertiary/aromatic N) is 3. The number of furan rings is 1. The number of amides is 1. The molecule has 2 fully saturated rings. The number of carbonyl (C=O) groups is 1. The molecule has 1 unspecified atom stereocenters. The molecule has 0 bridgehead atoms. The summed E-state index contributed by atoms with van der Waals surface area (Å²) < 4.78 is 34.7. The molecule has 1 N–H and O–H groups in total. The maximum absolute atomic E-state index is 13.2. The maximum Gasteiger partial charge on any atom is 0.285 e. The monoisotopic (exact) mass is 456 g/mol. The average Bonchev–Trinajstić information content (AvgIpc) is 3.55. The Balaban J connectivity index is 1.32. The fourth-order valence-corrected chi connectivity index (χ4v) is 6.24. The first-order valence-electron chi connectivity index (χ1n) is 11.3. The molecule has 32 heavy (non-hydrogen) atoms. The molecule has 8 nitrogen and oxygen atoms in total. The first kappa shape index (κ1) is 21.2. The fraction of sp³-hybridized carbons (Fsp3) is 0.478. The second-order valence-corrected chi connectivity index (χ2v) is 10.2. The van der Waals surface area contributed by atoms with E-state index < -0.39 is 16.1 Å². The second-order valence-electron chi connectivity index (χ2n) is 8.61. The van der Waals surface area contributed by atoms with E-state index in [0.717, 1.165) is 38.1 Å². The fourth-order valence-electron chi connectivity index (χ4n) is 5.02. The van der Waals surface area contributed by atoms with Crippen LogP contribution in [-0.4, -0.2) is 62.2 Å². The zero-order chi connectivity index (χ0) is 22.1. The Bertz CT molecular complexity index is 1110. The molecule has 2 atom stereocenters. The number of hydrogen-bond donors (Lipinski definition) is 1. The summed E-state index contributed by atoms with van der Waals surface area (Å²) in [6.07, 6.45) is 6.68. The van der Waals surface area contributed by atoms with Crippen molar-refractivity contribution in [2.75, 3.05) is 26.2 Å². The Labute approximate surface area is 188 Å². The van der Waals surface area contributed by atoms with Crippen molar-refractivity contribution in [2.24, 2.45) is 4.40 Å². The van der Waals surface area contributed by atoms with Crippen LogP contribution in [0.3, 0.4) is 0 Å². The third-order valence-electron chi connectivity index (χ3n) is 6.61. The molecule has 4 heterocycles. The topological polar surface area (TPSA) is 95.2 Å². The van der Waals surface area contributed by atoms with Crippen molar-refractivity contribution >= 4 is 21.8 Å². The summed E-state index contributed by atoms with van der Waals surface area (Å²) in [6.45, 7) is 3.04. The van der Waals surface area contributed by atoms with Gasteiger partial charge in [-0.2, -0.15) is 8.42 Å². The van der Waals surface area contributed by atoms with E-state index in [4.69, 9.17) is 4.42 Å². The number of hydrogen-bond acceptors (Lipinski definition) is 6. The van der Waals surface area contributed by atoms with Crippen LogP contribution >= 0.6 is 0 Å². The predicted octanol–water partition coefficient (Wildman–Crippen LogP) is 2.54. The van der Waals surface area contributed by atoms with Gasteiger partial charge in [-0.1, -0.05) is 18.6 Å². The smallest absolute Gasteiger partial charge is 0.285 e. The highest BCUT2D eigenvalue weighted by Crippen LogP contribution is 2.31. The van der Waals surface area contributed by atoms with E-state index in [1.54, 1.807) is 30.5 Å². The molecule has 170 valence electrons. The molecule has 1 amide bonds. The van der Waals surface area contributed by atoms with Crippen molar-refractivity contribution in [1.29, 1.82) is 0 Å². The average molecular weight is 457 g/mol. The van der Waals surface area contributed by atoms with Crippen molar-refractivity contribution in [3.05, 3.63) is 54.0 Å². The molecule has 0 saturated carbocycles. The molecule has 5 rings (SSSR count). The van der Waals surface area contributed by atoms with Gasteiger partial charge in [0.1, 0.15) is 16.7 Å². The molecule has 0 radical (unpaired) electrons. The zero-order valence-corrected chi connectivity index (χ0v) is 18.8. The summed E-state index contributed by atoms with van der Waals surface area (Å²) in [7, 11) is -3.72. The van der Waals surface area contributed by atoms with E-state index in [1.165, 1.54) is 6.42 Å². The summed E-state index contributed by atoms with van der Waals surface area (Å²) in [5.74, 6) is 1.15. The van der Waals surface area contributed by atoms with Crippen LogP contribution in [0.25, 0.3) is 0 Å². The van der Waals surface area contributed by atoms with Crippen molar-refractivity contribution < 1.29 is 17.6 Å². The van der Waals surface area contributed by atoms with Gasteiger partial charge in [-0.25, -0.2) is 0 Å². The predicted molar refractivity (Wildman–Crippen MR) is 120 cm³/mol. The summed E-state index contributed by atoms with van der Waals surface area (Å²) in [4.78, 5) is 17.7. The van der Waals surface area contributed by atoms with Gasteiger partial charge in [0.25, 0.3) is 10.0 Å². The molecule has 0 aliphatic carbocycles. The molecule has 3 aliphatic heterocycles. The third kappa shape index (κ3) is 3.95. The largest absolute Gasteiger partial charge is 0.468 e. The van der Waals surface area contributed by atoms with Gasteiger partial charge in [-0.05, 0) is 63.0 Å². The minimum Gasteiger partial charge on any atom is -0.468 e. The van der Waals surface area contributed by atoms with Crippen LogP contribution in [0, 0.1) is 0 Å². The SMILES string of the molecule is O=C(NCC(c1ccco1)N1CCCCC1)[C@@H]1CCCN1C1=NS(=O)(=O)c2ccccc21. The van der Waals surface area contributed by atoms with Crippen molar-refractivity contribution in [2.45, 2.75) is 49.1 Å². The van der Waals surface area contributed by atoms with Crippen molar-refractivity contribution in [3.8, 4) is 0 Å². The third-order valence-corrected chi connectivity index (χ3v) is 7.94. The molecular weight excluding hydrogens is 428 g/mol. The maximum atomic E-state index is 13.2. The standard InChI is InChI=1S/C23H28N4O4S/c28-23(24-16-19(20-10-7-15-31-20)26-12-4-1-5-13-26)18-9-6-14-27(18)22-17-8-2-3-11-21(17)32(29,30)25-22/h2-3,7-8,10-11,15,18-19H,1,4-6,9,12-14,16H2,(H,24,28)/t18-,19?/m0/s1. The Kier molecular flexibility index (Phi) is 5.77. The van der Waals surface area contributed by atoms with Crippen LogP contribution in [0.4, 0.5) is 0 Å². The van der Waals surface area contributed by atoms with Gasteiger partial charge in [0.05, 0.1) is 12.3 Å². The molecule has 1 aromatic carbocycles. The van der Waals surface area contributed by atoms with Crippen LogP contribution in [0.5, 0.6) is 0 Å². The molecule has 3 aliphatic rings. The van der Waals surface area contributed by atoms with Crippen LogP contribution in [0.15, 0.2) is 56.4 Å². The first-order valence-corrected chi connectivity index (χ1v) is 12.7. The number of rotatable bonds is 5. The van der Waals surface area contributed by atoms with Gasteiger partial charge in [-0.3, -0.25) is 9.69 Å². The molecular formula is C23H28N4O4S. The highest BCUT2D eigenvalue weighted by atomic mass is 32.2. The lowest BCUT2D eigenvalue weighted by atomic mass is 10.1. The minimum atomic E-state index is -3.72. The number of amidine groups is 1.